The van der Waals surface area contributed by atoms with Gasteiger partial charge in [0.25, 0.3) is 0 Å². The highest BCUT2D eigenvalue weighted by molar-refractivity contribution is 5.89. The molecule has 0 radical (unpaired) electrons. The molecule has 2 nitrogen and oxygen atoms in total. The van der Waals surface area contributed by atoms with Crippen molar-refractivity contribution < 1.29 is 27.5 Å². The van der Waals surface area contributed by atoms with Gasteiger partial charge in [-0.2, -0.15) is 13.2 Å². The SMILES string of the molecule is O=C(O)c1ccc(F)c(-c2ccc(C(F)(F)F)cc2)c1. The Morgan fingerprint density at radius 1 is 1.00 bits per heavy atom. The Morgan fingerprint density at radius 3 is 2.10 bits per heavy atom. The van der Waals surface area contributed by atoms with Crippen molar-refractivity contribution in [3.63, 3.8) is 0 Å². The third-order valence-corrected chi connectivity index (χ3v) is 2.74. The highest BCUT2D eigenvalue weighted by Gasteiger charge is 2.30. The minimum absolute atomic E-state index is 0.0568. The van der Waals surface area contributed by atoms with Gasteiger partial charge < -0.3 is 5.11 Å². The van der Waals surface area contributed by atoms with Crippen LogP contribution >= 0.6 is 0 Å². The number of rotatable bonds is 2. The fraction of sp³-hybridized carbons (Fsp3) is 0.0714. The van der Waals surface area contributed by atoms with Crippen LogP contribution in [0.2, 0.25) is 0 Å². The van der Waals surface area contributed by atoms with Crippen LogP contribution in [0.1, 0.15) is 15.9 Å². The van der Waals surface area contributed by atoms with E-state index < -0.39 is 23.5 Å². The molecule has 2 rings (SSSR count). The third kappa shape index (κ3) is 2.79. The van der Waals surface area contributed by atoms with Gasteiger partial charge in [-0.15, -0.1) is 0 Å². The lowest BCUT2D eigenvalue weighted by Crippen LogP contribution is -2.04. The number of hydrogen-bond acceptors (Lipinski definition) is 1. The number of aromatic carboxylic acids is 1. The average Bonchev–Trinajstić information content (AvgIpc) is 2.38. The summed E-state index contributed by atoms with van der Waals surface area (Å²) < 4.78 is 50.9. The Labute approximate surface area is 111 Å². The van der Waals surface area contributed by atoms with Crippen LogP contribution in [0, 0.1) is 5.82 Å². The summed E-state index contributed by atoms with van der Waals surface area (Å²) in [5, 5.41) is 8.83. The molecule has 104 valence electrons. The molecule has 0 aliphatic carbocycles. The Kier molecular flexibility index (Phi) is 3.48. The topological polar surface area (TPSA) is 37.3 Å². The first-order chi connectivity index (χ1) is 9.29. The normalized spacial score (nSPS) is 11.4. The Morgan fingerprint density at radius 2 is 1.60 bits per heavy atom. The standard InChI is InChI=1S/C14H8F4O2/c15-12-6-3-9(13(19)20)7-11(12)8-1-4-10(5-2-8)14(16,17)18/h1-7H,(H,19,20). The number of alkyl halides is 3. The van der Waals surface area contributed by atoms with Gasteiger partial charge in [0, 0.05) is 5.56 Å². The lowest BCUT2D eigenvalue weighted by molar-refractivity contribution is -0.137. The second-order valence-electron chi connectivity index (χ2n) is 4.07. The van der Waals surface area contributed by atoms with E-state index in [-0.39, 0.29) is 16.7 Å². The molecule has 0 aromatic heterocycles. The van der Waals surface area contributed by atoms with Crippen LogP contribution in [0.4, 0.5) is 17.6 Å². The minimum atomic E-state index is -4.47. The van der Waals surface area contributed by atoms with Crippen molar-refractivity contribution in [2.45, 2.75) is 6.18 Å². The summed E-state index contributed by atoms with van der Waals surface area (Å²) in [6, 6.07) is 6.99. The monoisotopic (exact) mass is 284 g/mol. The molecule has 2 aromatic rings. The van der Waals surface area contributed by atoms with E-state index in [4.69, 9.17) is 5.11 Å². The van der Waals surface area contributed by atoms with Crippen molar-refractivity contribution >= 4 is 5.97 Å². The highest BCUT2D eigenvalue weighted by Crippen LogP contribution is 2.31. The van der Waals surface area contributed by atoms with Gasteiger partial charge in [-0.1, -0.05) is 12.1 Å². The smallest absolute Gasteiger partial charge is 0.416 e. The van der Waals surface area contributed by atoms with E-state index in [1.165, 1.54) is 0 Å². The largest absolute Gasteiger partial charge is 0.478 e. The van der Waals surface area contributed by atoms with Crippen molar-refractivity contribution in [3.8, 4) is 11.1 Å². The van der Waals surface area contributed by atoms with Crippen LogP contribution in [-0.4, -0.2) is 11.1 Å². The van der Waals surface area contributed by atoms with Crippen LogP contribution < -0.4 is 0 Å². The minimum Gasteiger partial charge on any atom is -0.478 e. The van der Waals surface area contributed by atoms with Crippen LogP contribution in [0.5, 0.6) is 0 Å². The van der Waals surface area contributed by atoms with Gasteiger partial charge in [0.2, 0.25) is 0 Å². The van der Waals surface area contributed by atoms with Gasteiger partial charge in [-0.3, -0.25) is 0 Å². The van der Waals surface area contributed by atoms with Gasteiger partial charge in [0.1, 0.15) is 5.82 Å². The van der Waals surface area contributed by atoms with Gasteiger partial charge in [-0.25, -0.2) is 9.18 Å². The van der Waals surface area contributed by atoms with E-state index in [2.05, 4.69) is 0 Å². The van der Waals surface area contributed by atoms with Crippen molar-refractivity contribution in [1.82, 2.24) is 0 Å². The van der Waals surface area contributed by atoms with Gasteiger partial charge >= 0.3 is 12.1 Å². The first kappa shape index (κ1) is 14.0. The molecule has 2 aromatic carbocycles. The molecular weight excluding hydrogens is 276 g/mol. The number of carboxylic acids is 1. The summed E-state index contributed by atoms with van der Waals surface area (Å²) in [7, 11) is 0. The fourth-order valence-corrected chi connectivity index (χ4v) is 1.72. The molecule has 0 aliphatic rings. The van der Waals surface area contributed by atoms with Crippen molar-refractivity contribution in [2.24, 2.45) is 0 Å². The summed E-state index contributed by atoms with van der Waals surface area (Å²) in [6.07, 6.45) is -4.47. The zero-order valence-electron chi connectivity index (χ0n) is 9.91. The van der Waals surface area contributed by atoms with Gasteiger partial charge in [0.05, 0.1) is 11.1 Å². The summed E-state index contributed by atoms with van der Waals surface area (Å²) in [5.74, 6) is -1.94. The zero-order valence-corrected chi connectivity index (χ0v) is 9.91. The first-order valence-electron chi connectivity index (χ1n) is 5.49. The zero-order chi connectivity index (χ0) is 14.9. The molecule has 0 aliphatic heterocycles. The van der Waals surface area contributed by atoms with Crippen LogP contribution in [-0.2, 0) is 6.18 Å². The molecule has 0 unspecified atom stereocenters. The first-order valence-corrected chi connectivity index (χ1v) is 5.49. The predicted molar refractivity (Wildman–Crippen MR) is 63.8 cm³/mol. The molecular formula is C14H8F4O2. The van der Waals surface area contributed by atoms with Crippen molar-refractivity contribution in [2.75, 3.05) is 0 Å². The average molecular weight is 284 g/mol. The molecule has 0 saturated heterocycles. The molecule has 0 atom stereocenters. The van der Waals surface area contributed by atoms with Gasteiger partial charge in [-0.05, 0) is 35.9 Å². The van der Waals surface area contributed by atoms with E-state index >= 15 is 0 Å². The van der Waals surface area contributed by atoms with E-state index in [1.807, 2.05) is 0 Å². The fourth-order valence-electron chi connectivity index (χ4n) is 1.72. The van der Waals surface area contributed by atoms with Crippen LogP contribution in [0.25, 0.3) is 11.1 Å². The lowest BCUT2D eigenvalue weighted by atomic mass is 10.0. The van der Waals surface area contributed by atoms with Crippen molar-refractivity contribution in [3.05, 3.63) is 59.4 Å². The quantitative estimate of drug-likeness (QED) is 0.839. The molecule has 0 saturated carbocycles. The molecule has 6 heteroatoms. The second-order valence-corrected chi connectivity index (χ2v) is 4.07. The summed E-state index contributed by atoms with van der Waals surface area (Å²) in [5.41, 5.74) is -0.866. The number of hydrogen-bond donors (Lipinski definition) is 1. The summed E-state index contributed by atoms with van der Waals surface area (Å²) in [4.78, 5) is 10.8. The van der Waals surface area contributed by atoms with Gasteiger partial charge in [0.15, 0.2) is 0 Å². The van der Waals surface area contributed by atoms with E-state index in [0.717, 1.165) is 42.5 Å². The third-order valence-electron chi connectivity index (χ3n) is 2.74. The molecule has 0 amide bonds. The lowest BCUT2D eigenvalue weighted by Gasteiger charge is -2.09. The molecule has 0 heterocycles. The van der Waals surface area contributed by atoms with Crippen LogP contribution in [0.15, 0.2) is 42.5 Å². The summed E-state index contributed by atoms with van der Waals surface area (Å²) >= 11 is 0. The molecule has 1 N–H and O–H groups in total. The molecule has 0 bridgehead atoms. The number of carbonyl (C=O) groups is 1. The van der Waals surface area contributed by atoms with Crippen LogP contribution in [0.3, 0.4) is 0 Å². The molecule has 0 spiro atoms. The highest BCUT2D eigenvalue weighted by atomic mass is 19.4. The maximum atomic E-state index is 13.6. The Hall–Kier alpha value is -2.37. The summed E-state index contributed by atoms with van der Waals surface area (Å²) in [6.45, 7) is 0. The van der Waals surface area contributed by atoms with E-state index in [1.54, 1.807) is 0 Å². The molecule has 20 heavy (non-hydrogen) atoms. The maximum Gasteiger partial charge on any atom is 0.416 e. The van der Waals surface area contributed by atoms with Crippen molar-refractivity contribution in [1.29, 1.82) is 0 Å². The van der Waals surface area contributed by atoms with E-state index in [9.17, 15) is 22.4 Å². The maximum absolute atomic E-state index is 13.6. The van der Waals surface area contributed by atoms with E-state index in [0.29, 0.717) is 0 Å². The Balaban J connectivity index is 2.46. The predicted octanol–water partition coefficient (Wildman–Crippen LogP) is 4.21. The second kappa shape index (κ2) is 4.96. The Bertz CT molecular complexity index is 645. The molecule has 0 fully saturated rings. The number of benzene rings is 2. The number of halogens is 4. The number of carboxylic acid groups (broad SMARTS) is 1.